The molecule has 0 saturated heterocycles. The van der Waals surface area contributed by atoms with Crippen molar-refractivity contribution in [1.82, 2.24) is 0 Å². The van der Waals surface area contributed by atoms with Gasteiger partial charge in [-0.1, -0.05) is 90.7 Å². The van der Waals surface area contributed by atoms with Gasteiger partial charge in [0.25, 0.3) is 0 Å². The lowest BCUT2D eigenvalue weighted by atomic mass is 9.68. The largest absolute Gasteiger partial charge is 0.100 e. The molecule has 32 heavy (non-hydrogen) atoms. The summed E-state index contributed by atoms with van der Waals surface area (Å²) >= 11 is 0. The molecule has 0 nitrogen and oxygen atoms in total. The van der Waals surface area contributed by atoms with Crippen LogP contribution in [0.5, 0.6) is 0 Å². The predicted molar refractivity (Wildman–Crippen MR) is 142 cm³/mol. The quantitative estimate of drug-likeness (QED) is 0.262. The van der Waals surface area contributed by atoms with E-state index in [0.29, 0.717) is 5.92 Å². The van der Waals surface area contributed by atoms with E-state index in [1.54, 1.807) is 0 Å². The van der Waals surface area contributed by atoms with Gasteiger partial charge in [0.2, 0.25) is 0 Å². The maximum atomic E-state index is 4.04. The molecule has 2 atom stereocenters. The van der Waals surface area contributed by atoms with Crippen LogP contribution in [0.3, 0.4) is 0 Å². The standard InChI is InChI=1S/C32H42/c1-24(2)13-9-7-12-16-29-22-30(18-17-27(29)5)32(6,23-28-14-10-8-11-15-28)31-20-25(3)19-26(4)21-31/h8,10-11,14,17-22,28H,1,7,9,12-13,15-16,23H2,2-6H3. The molecule has 0 amide bonds. The van der Waals surface area contributed by atoms with Gasteiger partial charge in [-0.3, -0.25) is 0 Å². The normalized spacial score (nSPS) is 17.3. The molecule has 170 valence electrons. The predicted octanol–water partition coefficient (Wildman–Crippen LogP) is 9.12. The third-order valence-electron chi connectivity index (χ3n) is 7.13. The SMILES string of the molecule is C=C(C)CCCCCc1cc(C(C)(CC2C=CC=CC2)c2cc(C)cc(C)c2)ccc1C. The molecule has 0 bridgehead atoms. The van der Waals surface area contributed by atoms with Gasteiger partial charge in [-0.15, -0.1) is 6.58 Å². The minimum atomic E-state index is -0.000626. The zero-order valence-electron chi connectivity index (χ0n) is 21.0. The lowest BCUT2D eigenvalue weighted by molar-refractivity contribution is 0.433. The molecule has 1 aliphatic carbocycles. The summed E-state index contributed by atoms with van der Waals surface area (Å²) in [4.78, 5) is 0. The Morgan fingerprint density at radius 2 is 1.69 bits per heavy atom. The molecule has 2 unspecified atom stereocenters. The second kappa shape index (κ2) is 11.0. The zero-order valence-corrected chi connectivity index (χ0v) is 21.0. The topological polar surface area (TPSA) is 0 Å². The molecule has 0 fully saturated rings. The number of rotatable bonds is 10. The summed E-state index contributed by atoms with van der Waals surface area (Å²) in [6.45, 7) is 15.4. The first-order valence-corrected chi connectivity index (χ1v) is 12.4. The summed E-state index contributed by atoms with van der Waals surface area (Å²) in [6.07, 6.45) is 17.5. The molecule has 0 N–H and O–H groups in total. The van der Waals surface area contributed by atoms with E-state index in [1.807, 2.05) is 0 Å². The van der Waals surface area contributed by atoms with Gasteiger partial charge in [-0.25, -0.2) is 0 Å². The molecule has 0 spiro atoms. The van der Waals surface area contributed by atoms with Gasteiger partial charge in [0.15, 0.2) is 0 Å². The van der Waals surface area contributed by atoms with Crippen LogP contribution in [0, 0.1) is 26.7 Å². The minimum Gasteiger partial charge on any atom is -0.100 e. The smallest absolute Gasteiger partial charge is 0.0180 e. The molecule has 0 aliphatic heterocycles. The van der Waals surface area contributed by atoms with Gasteiger partial charge in [-0.05, 0) is 94.4 Å². The second-order valence-corrected chi connectivity index (χ2v) is 10.4. The molecule has 2 aromatic carbocycles. The summed E-state index contributed by atoms with van der Waals surface area (Å²) in [5.41, 5.74) is 9.88. The molecular weight excluding hydrogens is 384 g/mol. The van der Waals surface area contributed by atoms with Crippen molar-refractivity contribution in [3.63, 3.8) is 0 Å². The number of allylic oxidation sites excluding steroid dienone is 5. The fourth-order valence-corrected chi connectivity index (χ4v) is 5.21. The van der Waals surface area contributed by atoms with Crippen molar-refractivity contribution in [2.45, 2.75) is 85.0 Å². The van der Waals surface area contributed by atoms with Crippen LogP contribution in [0.4, 0.5) is 0 Å². The lowest BCUT2D eigenvalue weighted by Crippen LogP contribution is -2.27. The van der Waals surface area contributed by atoms with Gasteiger partial charge in [-0.2, -0.15) is 0 Å². The number of hydrogen-bond donors (Lipinski definition) is 0. The van der Waals surface area contributed by atoms with Gasteiger partial charge in [0.05, 0.1) is 0 Å². The highest BCUT2D eigenvalue weighted by Gasteiger charge is 2.32. The fraction of sp³-hybridized carbons (Fsp3) is 0.438. The van der Waals surface area contributed by atoms with Crippen LogP contribution in [0.1, 0.15) is 85.8 Å². The number of hydrogen-bond acceptors (Lipinski definition) is 0. The molecule has 0 heteroatoms. The van der Waals surface area contributed by atoms with Crippen LogP contribution in [-0.2, 0) is 11.8 Å². The molecule has 0 saturated carbocycles. The van der Waals surface area contributed by atoms with Crippen molar-refractivity contribution >= 4 is 0 Å². The van der Waals surface area contributed by atoms with Crippen LogP contribution in [0.25, 0.3) is 0 Å². The first-order valence-electron chi connectivity index (χ1n) is 12.4. The molecule has 0 radical (unpaired) electrons. The van der Waals surface area contributed by atoms with E-state index in [9.17, 15) is 0 Å². The third kappa shape index (κ3) is 6.35. The highest BCUT2D eigenvalue weighted by atomic mass is 14.4. The van der Waals surface area contributed by atoms with E-state index in [-0.39, 0.29) is 5.41 Å². The summed E-state index contributed by atoms with van der Waals surface area (Å²) in [5.74, 6) is 0.581. The van der Waals surface area contributed by atoms with Crippen molar-refractivity contribution in [3.8, 4) is 0 Å². The van der Waals surface area contributed by atoms with E-state index in [2.05, 4.69) is 102 Å². The Morgan fingerprint density at radius 1 is 0.938 bits per heavy atom. The van der Waals surface area contributed by atoms with E-state index < -0.39 is 0 Å². The van der Waals surface area contributed by atoms with Crippen LogP contribution in [0.15, 0.2) is 72.9 Å². The number of unbranched alkanes of at least 4 members (excludes halogenated alkanes) is 2. The average Bonchev–Trinajstić information content (AvgIpc) is 2.74. The van der Waals surface area contributed by atoms with E-state index in [4.69, 9.17) is 0 Å². The maximum absolute atomic E-state index is 4.04. The second-order valence-electron chi connectivity index (χ2n) is 10.4. The van der Waals surface area contributed by atoms with E-state index >= 15 is 0 Å². The van der Waals surface area contributed by atoms with Gasteiger partial charge in [0, 0.05) is 5.41 Å². The van der Waals surface area contributed by atoms with Crippen molar-refractivity contribution in [1.29, 1.82) is 0 Å². The Labute approximate surface area is 197 Å². The van der Waals surface area contributed by atoms with Crippen LogP contribution >= 0.6 is 0 Å². The summed E-state index contributed by atoms with van der Waals surface area (Å²) < 4.78 is 0. The number of benzene rings is 2. The van der Waals surface area contributed by atoms with Crippen LogP contribution in [-0.4, -0.2) is 0 Å². The highest BCUT2D eigenvalue weighted by molar-refractivity contribution is 5.45. The van der Waals surface area contributed by atoms with Crippen LogP contribution in [0.2, 0.25) is 0 Å². The van der Waals surface area contributed by atoms with E-state index in [0.717, 1.165) is 19.3 Å². The van der Waals surface area contributed by atoms with Gasteiger partial charge >= 0.3 is 0 Å². The third-order valence-corrected chi connectivity index (χ3v) is 7.13. The van der Waals surface area contributed by atoms with Crippen molar-refractivity contribution in [2.75, 3.05) is 0 Å². The number of aryl methyl sites for hydroxylation is 4. The summed E-state index contributed by atoms with van der Waals surface area (Å²) in [7, 11) is 0. The van der Waals surface area contributed by atoms with Crippen molar-refractivity contribution in [3.05, 3.63) is 106 Å². The molecule has 1 aliphatic rings. The first-order chi connectivity index (χ1) is 15.3. The lowest BCUT2D eigenvalue weighted by Gasteiger charge is -2.35. The molecular formula is C32H42. The monoisotopic (exact) mass is 426 g/mol. The highest BCUT2D eigenvalue weighted by Crippen LogP contribution is 2.41. The Bertz CT molecular complexity index is 967. The molecule has 0 heterocycles. The maximum Gasteiger partial charge on any atom is 0.0180 e. The first kappa shape index (κ1) is 24.3. The average molecular weight is 427 g/mol. The summed E-state index contributed by atoms with van der Waals surface area (Å²) in [6, 6.07) is 14.4. The van der Waals surface area contributed by atoms with Crippen molar-refractivity contribution in [2.24, 2.45) is 5.92 Å². The Balaban J connectivity index is 1.91. The molecule has 0 aromatic heterocycles. The van der Waals surface area contributed by atoms with Crippen molar-refractivity contribution < 1.29 is 0 Å². The van der Waals surface area contributed by atoms with Gasteiger partial charge < -0.3 is 0 Å². The Kier molecular flexibility index (Phi) is 8.35. The summed E-state index contributed by atoms with van der Waals surface area (Å²) in [5, 5.41) is 0. The fourth-order valence-electron chi connectivity index (χ4n) is 5.21. The Morgan fingerprint density at radius 3 is 2.34 bits per heavy atom. The molecule has 3 rings (SSSR count). The van der Waals surface area contributed by atoms with E-state index in [1.165, 1.54) is 64.6 Å². The van der Waals surface area contributed by atoms with Crippen LogP contribution < -0.4 is 0 Å². The molecule has 2 aromatic rings. The zero-order chi connectivity index (χ0) is 23.1. The Hall–Kier alpha value is -2.34. The minimum absolute atomic E-state index is 0.000626. The van der Waals surface area contributed by atoms with Gasteiger partial charge in [0.1, 0.15) is 0 Å².